The maximum absolute atomic E-state index is 12.2. The SMILES string of the molecule is CC(O)c1ccccc1NC(=O)C(NC(N)=O)C(C)C. The molecule has 5 N–H and O–H groups in total. The van der Waals surface area contributed by atoms with Gasteiger partial charge in [0.05, 0.1) is 6.10 Å². The first-order chi connectivity index (χ1) is 9.32. The monoisotopic (exact) mass is 279 g/mol. The second-order valence-corrected chi connectivity index (χ2v) is 4.98. The molecule has 1 rings (SSSR count). The van der Waals surface area contributed by atoms with Crippen LogP contribution in [0.1, 0.15) is 32.4 Å². The van der Waals surface area contributed by atoms with E-state index in [1.165, 1.54) is 0 Å². The highest BCUT2D eigenvalue weighted by Crippen LogP contribution is 2.22. The fourth-order valence-electron chi connectivity index (χ4n) is 1.87. The number of benzene rings is 1. The topological polar surface area (TPSA) is 104 Å². The molecule has 3 amide bonds. The highest BCUT2D eigenvalue weighted by atomic mass is 16.3. The number of carbonyl (C=O) groups is 2. The first-order valence-electron chi connectivity index (χ1n) is 6.46. The van der Waals surface area contributed by atoms with E-state index in [2.05, 4.69) is 10.6 Å². The molecule has 0 saturated heterocycles. The van der Waals surface area contributed by atoms with Gasteiger partial charge in [0.15, 0.2) is 0 Å². The number of aliphatic hydroxyl groups is 1. The Morgan fingerprint density at radius 1 is 1.20 bits per heavy atom. The summed E-state index contributed by atoms with van der Waals surface area (Å²) in [6.07, 6.45) is -0.701. The third-order valence-electron chi connectivity index (χ3n) is 2.92. The molecule has 0 aromatic heterocycles. The van der Waals surface area contributed by atoms with Crippen molar-refractivity contribution in [2.75, 3.05) is 5.32 Å². The Morgan fingerprint density at radius 2 is 1.80 bits per heavy atom. The van der Waals surface area contributed by atoms with Gasteiger partial charge in [-0.25, -0.2) is 4.79 Å². The fourth-order valence-corrected chi connectivity index (χ4v) is 1.87. The standard InChI is InChI=1S/C14H21N3O3/c1-8(2)12(17-14(15)20)13(19)16-11-7-5-4-6-10(11)9(3)18/h4-9,12,18H,1-3H3,(H,16,19)(H3,15,17,20). The average Bonchev–Trinajstić information content (AvgIpc) is 2.35. The van der Waals surface area contributed by atoms with Crippen LogP contribution in [-0.4, -0.2) is 23.1 Å². The lowest BCUT2D eigenvalue weighted by Crippen LogP contribution is -2.49. The van der Waals surface area contributed by atoms with E-state index < -0.39 is 18.2 Å². The summed E-state index contributed by atoms with van der Waals surface area (Å²) in [5.74, 6) is -0.479. The number of hydrogen-bond acceptors (Lipinski definition) is 3. The predicted octanol–water partition coefficient (Wildman–Crippen LogP) is 1.37. The van der Waals surface area contributed by atoms with Crippen molar-refractivity contribution in [1.29, 1.82) is 0 Å². The number of para-hydroxylation sites is 1. The van der Waals surface area contributed by atoms with Crippen LogP contribution in [-0.2, 0) is 4.79 Å². The maximum Gasteiger partial charge on any atom is 0.312 e. The number of anilines is 1. The number of primary amides is 1. The highest BCUT2D eigenvalue weighted by Gasteiger charge is 2.24. The summed E-state index contributed by atoms with van der Waals surface area (Å²) >= 11 is 0. The van der Waals surface area contributed by atoms with Gasteiger partial charge in [0.1, 0.15) is 6.04 Å². The van der Waals surface area contributed by atoms with Crippen LogP contribution < -0.4 is 16.4 Å². The molecule has 110 valence electrons. The largest absolute Gasteiger partial charge is 0.389 e. The number of amides is 3. The molecule has 0 saturated carbocycles. The van der Waals surface area contributed by atoms with Crippen molar-refractivity contribution in [3.05, 3.63) is 29.8 Å². The molecule has 0 fully saturated rings. The summed E-state index contributed by atoms with van der Waals surface area (Å²) in [5, 5.41) is 14.8. The summed E-state index contributed by atoms with van der Waals surface area (Å²) < 4.78 is 0. The zero-order valence-electron chi connectivity index (χ0n) is 11.9. The molecule has 0 aliphatic heterocycles. The molecule has 0 radical (unpaired) electrons. The molecule has 2 unspecified atom stereocenters. The number of nitrogens with one attached hydrogen (secondary N) is 2. The molecule has 0 spiro atoms. The number of hydrogen-bond donors (Lipinski definition) is 4. The summed E-state index contributed by atoms with van der Waals surface area (Å²) in [6, 6.07) is 5.48. The Hall–Kier alpha value is -2.08. The van der Waals surface area contributed by atoms with Crippen molar-refractivity contribution in [2.24, 2.45) is 11.7 Å². The van der Waals surface area contributed by atoms with Crippen LogP contribution in [0.15, 0.2) is 24.3 Å². The van der Waals surface area contributed by atoms with Crippen molar-refractivity contribution in [2.45, 2.75) is 32.9 Å². The summed E-state index contributed by atoms with van der Waals surface area (Å²) in [4.78, 5) is 23.1. The quantitative estimate of drug-likeness (QED) is 0.654. The third-order valence-corrected chi connectivity index (χ3v) is 2.92. The lowest BCUT2D eigenvalue weighted by atomic mass is 10.0. The zero-order valence-corrected chi connectivity index (χ0v) is 11.9. The van der Waals surface area contributed by atoms with E-state index in [9.17, 15) is 14.7 Å². The number of urea groups is 1. The molecule has 0 aliphatic rings. The van der Waals surface area contributed by atoms with Gasteiger partial charge in [-0.2, -0.15) is 0 Å². The van der Waals surface area contributed by atoms with Gasteiger partial charge in [-0.1, -0.05) is 32.0 Å². The number of aliphatic hydroxyl groups excluding tert-OH is 1. The smallest absolute Gasteiger partial charge is 0.312 e. The minimum atomic E-state index is -0.748. The summed E-state index contributed by atoms with van der Waals surface area (Å²) in [7, 11) is 0. The van der Waals surface area contributed by atoms with Gasteiger partial charge in [0, 0.05) is 11.3 Å². The van der Waals surface area contributed by atoms with Crippen molar-refractivity contribution < 1.29 is 14.7 Å². The van der Waals surface area contributed by atoms with Crippen LogP contribution in [0, 0.1) is 5.92 Å². The van der Waals surface area contributed by atoms with Gasteiger partial charge in [0.2, 0.25) is 5.91 Å². The molecule has 20 heavy (non-hydrogen) atoms. The van der Waals surface area contributed by atoms with Gasteiger partial charge in [-0.3, -0.25) is 4.79 Å². The van der Waals surface area contributed by atoms with Crippen LogP contribution in [0.2, 0.25) is 0 Å². The van der Waals surface area contributed by atoms with E-state index in [0.29, 0.717) is 11.3 Å². The van der Waals surface area contributed by atoms with Crippen LogP contribution >= 0.6 is 0 Å². The second kappa shape index (κ2) is 6.91. The molecular weight excluding hydrogens is 258 g/mol. The highest BCUT2D eigenvalue weighted by molar-refractivity contribution is 5.97. The van der Waals surface area contributed by atoms with E-state index in [4.69, 9.17) is 5.73 Å². The van der Waals surface area contributed by atoms with E-state index in [1.807, 2.05) is 0 Å². The van der Waals surface area contributed by atoms with E-state index in [-0.39, 0.29) is 11.8 Å². The predicted molar refractivity (Wildman–Crippen MR) is 77.1 cm³/mol. The molecule has 2 atom stereocenters. The summed E-state index contributed by atoms with van der Waals surface area (Å²) in [5.41, 5.74) is 6.20. The van der Waals surface area contributed by atoms with Crippen LogP contribution in [0.4, 0.5) is 10.5 Å². The van der Waals surface area contributed by atoms with Gasteiger partial charge in [0.25, 0.3) is 0 Å². The van der Waals surface area contributed by atoms with Crippen molar-refractivity contribution in [3.63, 3.8) is 0 Å². The van der Waals surface area contributed by atoms with Crippen LogP contribution in [0.3, 0.4) is 0 Å². The molecular formula is C14H21N3O3. The number of carbonyl (C=O) groups excluding carboxylic acids is 2. The second-order valence-electron chi connectivity index (χ2n) is 4.98. The molecule has 0 heterocycles. The summed E-state index contributed by atoms with van der Waals surface area (Å²) in [6.45, 7) is 5.23. The fraction of sp³-hybridized carbons (Fsp3) is 0.429. The van der Waals surface area contributed by atoms with Gasteiger partial charge >= 0.3 is 6.03 Å². The zero-order chi connectivity index (χ0) is 15.3. The van der Waals surface area contributed by atoms with Gasteiger partial charge in [-0.05, 0) is 18.9 Å². The molecule has 0 bridgehead atoms. The van der Waals surface area contributed by atoms with Crippen molar-refractivity contribution >= 4 is 17.6 Å². The normalized spacial score (nSPS) is 13.7. The van der Waals surface area contributed by atoms with E-state index in [1.54, 1.807) is 45.0 Å². The Balaban J connectivity index is 2.91. The third kappa shape index (κ3) is 4.24. The molecule has 6 nitrogen and oxygen atoms in total. The average molecular weight is 279 g/mol. The lowest BCUT2D eigenvalue weighted by Gasteiger charge is -2.22. The van der Waals surface area contributed by atoms with Crippen molar-refractivity contribution in [3.8, 4) is 0 Å². The van der Waals surface area contributed by atoms with E-state index >= 15 is 0 Å². The maximum atomic E-state index is 12.2. The Kier molecular flexibility index (Phi) is 5.52. The molecule has 1 aromatic rings. The Labute approximate surface area is 118 Å². The minimum absolute atomic E-state index is 0.110. The van der Waals surface area contributed by atoms with Crippen LogP contribution in [0.25, 0.3) is 0 Å². The Bertz CT molecular complexity index is 486. The lowest BCUT2D eigenvalue weighted by molar-refractivity contribution is -0.118. The first kappa shape index (κ1) is 16.0. The number of rotatable bonds is 5. The minimum Gasteiger partial charge on any atom is -0.389 e. The molecule has 6 heteroatoms. The first-order valence-corrected chi connectivity index (χ1v) is 6.46. The Morgan fingerprint density at radius 3 is 2.30 bits per heavy atom. The van der Waals surface area contributed by atoms with Gasteiger partial charge < -0.3 is 21.5 Å². The van der Waals surface area contributed by atoms with Crippen molar-refractivity contribution in [1.82, 2.24) is 5.32 Å². The van der Waals surface area contributed by atoms with Crippen LogP contribution in [0.5, 0.6) is 0 Å². The molecule has 0 aliphatic carbocycles. The molecule has 1 aromatic carbocycles. The van der Waals surface area contributed by atoms with Gasteiger partial charge in [-0.15, -0.1) is 0 Å². The van der Waals surface area contributed by atoms with E-state index in [0.717, 1.165) is 0 Å². The number of nitrogens with two attached hydrogens (primary N) is 1.